The molecule has 0 amide bonds. The van der Waals surface area contributed by atoms with Gasteiger partial charge in [0.1, 0.15) is 0 Å². The molecule has 0 spiro atoms. The van der Waals surface area contributed by atoms with E-state index in [2.05, 4.69) is 35.3 Å². The van der Waals surface area contributed by atoms with Gasteiger partial charge in [0.2, 0.25) is 0 Å². The van der Waals surface area contributed by atoms with Crippen molar-refractivity contribution in [2.24, 2.45) is 7.05 Å². The number of pyridine rings is 1. The molecule has 4 nitrogen and oxygen atoms in total. The number of rotatable bonds is 6. The molecule has 0 radical (unpaired) electrons. The molecule has 1 unspecified atom stereocenters. The van der Waals surface area contributed by atoms with Crippen LogP contribution in [0.2, 0.25) is 10.0 Å². The summed E-state index contributed by atoms with van der Waals surface area (Å²) in [7, 11) is 1.97. The molecule has 0 aliphatic rings. The van der Waals surface area contributed by atoms with Crippen LogP contribution < -0.4 is 5.32 Å². The van der Waals surface area contributed by atoms with Crippen molar-refractivity contribution in [3.05, 3.63) is 45.5 Å². The molecule has 114 valence electrons. The van der Waals surface area contributed by atoms with Crippen molar-refractivity contribution in [3.63, 3.8) is 0 Å². The highest BCUT2D eigenvalue weighted by molar-refractivity contribution is 6.34. The first-order chi connectivity index (χ1) is 10.0. The Morgan fingerprint density at radius 3 is 2.62 bits per heavy atom. The third kappa shape index (κ3) is 3.96. The van der Waals surface area contributed by atoms with Crippen LogP contribution in [0.4, 0.5) is 0 Å². The Hall–Kier alpha value is -1.10. The fourth-order valence-electron chi connectivity index (χ4n) is 2.34. The number of halogens is 2. The molecule has 6 heteroatoms. The Bertz CT molecular complexity index is 610. The van der Waals surface area contributed by atoms with Crippen LogP contribution in [-0.4, -0.2) is 21.3 Å². The van der Waals surface area contributed by atoms with Gasteiger partial charge in [0.05, 0.1) is 27.5 Å². The fourth-order valence-corrected chi connectivity index (χ4v) is 2.85. The number of hydrogen-bond donors (Lipinski definition) is 1. The van der Waals surface area contributed by atoms with Gasteiger partial charge in [-0.2, -0.15) is 5.10 Å². The summed E-state index contributed by atoms with van der Waals surface area (Å²) in [6.07, 6.45) is 3.35. The van der Waals surface area contributed by atoms with Crippen LogP contribution >= 0.6 is 23.2 Å². The first-order valence-electron chi connectivity index (χ1n) is 7.11. The Morgan fingerprint density at radius 1 is 1.29 bits per heavy atom. The van der Waals surface area contributed by atoms with Crippen molar-refractivity contribution in [1.82, 2.24) is 20.1 Å². The predicted molar refractivity (Wildman–Crippen MR) is 87.0 cm³/mol. The zero-order valence-corrected chi connectivity index (χ0v) is 14.0. The van der Waals surface area contributed by atoms with Crippen molar-refractivity contribution in [2.75, 3.05) is 6.54 Å². The Kier molecular flexibility index (Phi) is 5.62. The number of nitrogens with one attached hydrogen (secondary N) is 1. The Morgan fingerprint density at radius 2 is 2.05 bits per heavy atom. The Balaban J connectivity index is 2.28. The monoisotopic (exact) mass is 326 g/mol. The van der Waals surface area contributed by atoms with Crippen LogP contribution in [0.25, 0.3) is 0 Å². The maximum atomic E-state index is 6.29. The summed E-state index contributed by atoms with van der Waals surface area (Å²) in [5.74, 6) is 0. The highest BCUT2D eigenvalue weighted by atomic mass is 35.5. The van der Waals surface area contributed by atoms with E-state index in [1.54, 1.807) is 12.3 Å². The second kappa shape index (κ2) is 7.25. The lowest BCUT2D eigenvalue weighted by Crippen LogP contribution is -2.25. The molecule has 0 aromatic carbocycles. The minimum absolute atomic E-state index is 0.0415. The number of hydrogen-bond acceptors (Lipinski definition) is 3. The van der Waals surface area contributed by atoms with Gasteiger partial charge in [-0.1, -0.05) is 37.0 Å². The number of aromatic nitrogens is 3. The molecular formula is C15H20Cl2N4. The summed E-state index contributed by atoms with van der Waals surface area (Å²) in [5, 5.41) is 9.06. The highest BCUT2D eigenvalue weighted by Gasteiger charge is 2.18. The zero-order chi connectivity index (χ0) is 15.4. The van der Waals surface area contributed by atoms with Crippen LogP contribution in [0.3, 0.4) is 0 Å². The van der Waals surface area contributed by atoms with Gasteiger partial charge in [0.25, 0.3) is 0 Å². The van der Waals surface area contributed by atoms with E-state index < -0.39 is 0 Å². The summed E-state index contributed by atoms with van der Waals surface area (Å²) >= 11 is 12.2. The molecule has 2 rings (SSSR count). The average molecular weight is 327 g/mol. The van der Waals surface area contributed by atoms with Crippen molar-refractivity contribution in [2.45, 2.75) is 32.7 Å². The van der Waals surface area contributed by atoms with Gasteiger partial charge in [-0.3, -0.25) is 9.67 Å². The van der Waals surface area contributed by atoms with Crippen molar-refractivity contribution >= 4 is 23.2 Å². The molecule has 0 fully saturated rings. The standard InChI is InChI=1S/C15H20Cl2N4/c1-4-11-7-12(21(3)20-11)8-14(18-5-2)15-13(17)6-10(16)9-19-15/h6-7,9,14,18H,4-5,8H2,1-3H3. The first-order valence-corrected chi connectivity index (χ1v) is 7.86. The molecule has 0 saturated heterocycles. The summed E-state index contributed by atoms with van der Waals surface area (Å²) in [4.78, 5) is 4.39. The van der Waals surface area contributed by atoms with Gasteiger partial charge in [0, 0.05) is 25.4 Å². The van der Waals surface area contributed by atoms with Gasteiger partial charge in [0.15, 0.2) is 0 Å². The molecule has 1 N–H and O–H groups in total. The molecule has 21 heavy (non-hydrogen) atoms. The average Bonchev–Trinajstić information content (AvgIpc) is 2.79. The van der Waals surface area contributed by atoms with Crippen LogP contribution in [0.5, 0.6) is 0 Å². The maximum Gasteiger partial charge on any atom is 0.0764 e. The van der Waals surface area contributed by atoms with Crippen LogP contribution in [0, 0.1) is 0 Å². The maximum absolute atomic E-state index is 6.29. The van der Waals surface area contributed by atoms with E-state index in [0.717, 1.165) is 36.5 Å². The van der Waals surface area contributed by atoms with E-state index in [4.69, 9.17) is 23.2 Å². The van der Waals surface area contributed by atoms with E-state index in [1.807, 2.05) is 11.7 Å². The molecule has 0 saturated carbocycles. The molecule has 1 atom stereocenters. The lowest BCUT2D eigenvalue weighted by Gasteiger charge is -2.18. The van der Waals surface area contributed by atoms with Crippen molar-refractivity contribution in [3.8, 4) is 0 Å². The second-order valence-corrected chi connectivity index (χ2v) is 5.78. The highest BCUT2D eigenvalue weighted by Crippen LogP contribution is 2.26. The van der Waals surface area contributed by atoms with Crippen LogP contribution in [0.15, 0.2) is 18.3 Å². The summed E-state index contributed by atoms with van der Waals surface area (Å²) in [5.41, 5.74) is 3.07. The molecule has 2 aromatic heterocycles. The lowest BCUT2D eigenvalue weighted by atomic mass is 10.1. The SMILES string of the molecule is CCNC(Cc1cc(CC)nn1C)c1ncc(Cl)cc1Cl. The topological polar surface area (TPSA) is 42.7 Å². The first kappa shape index (κ1) is 16.3. The molecular weight excluding hydrogens is 307 g/mol. The number of likely N-dealkylation sites (N-methyl/N-ethyl adjacent to an activating group) is 1. The quantitative estimate of drug-likeness (QED) is 0.882. The third-order valence-corrected chi connectivity index (χ3v) is 3.93. The van der Waals surface area contributed by atoms with E-state index in [0.29, 0.717) is 10.0 Å². The smallest absolute Gasteiger partial charge is 0.0764 e. The largest absolute Gasteiger partial charge is 0.309 e. The molecule has 2 heterocycles. The van der Waals surface area contributed by atoms with Crippen LogP contribution in [0.1, 0.15) is 37.0 Å². The van der Waals surface area contributed by atoms with Crippen molar-refractivity contribution in [1.29, 1.82) is 0 Å². The number of nitrogens with zero attached hydrogens (tertiary/aromatic N) is 3. The van der Waals surface area contributed by atoms with E-state index in [1.165, 1.54) is 0 Å². The third-order valence-electron chi connectivity index (χ3n) is 3.42. The van der Waals surface area contributed by atoms with Gasteiger partial charge < -0.3 is 5.32 Å². The molecule has 0 aliphatic heterocycles. The second-order valence-electron chi connectivity index (χ2n) is 4.94. The zero-order valence-electron chi connectivity index (χ0n) is 12.5. The van der Waals surface area contributed by atoms with Gasteiger partial charge in [-0.25, -0.2) is 0 Å². The normalized spacial score (nSPS) is 12.6. The summed E-state index contributed by atoms with van der Waals surface area (Å²) in [6, 6.07) is 3.91. The van der Waals surface area contributed by atoms with Crippen molar-refractivity contribution < 1.29 is 0 Å². The van der Waals surface area contributed by atoms with Gasteiger partial charge in [-0.15, -0.1) is 0 Å². The van der Waals surface area contributed by atoms with E-state index in [9.17, 15) is 0 Å². The van der Waals surface area contributed by atoms with Gasteiger partial charge >= 0.3 is 0 Å². The minimum Gasteiger partial charge on any atom is -0.309 e. The fraction of sp³-hybridized carbons (Fsp3) is 0.467. The number of aryl methyl sites for hydroxylation is 2. The van der Waals surface area contributed by atoms with Crippen LogP contribution in [-0.2, 0) is 19.9 Å². The molecule has 0 aliphatic carbocycles. The minimum atomic E-state index is 0.0415. The van der Waals surface area contributed by atoms with Gasteiger partial charge in [-0.05, 0) is 25.1 Å². The molecule has 0 bridgehead atoms. The molecule has 2 aromatic rings. The lowest BCUT2D eigenvalue weighted by molar-refractivity contribution is 0.517. The summed E-state index contributed by atoms with van der Waals surface area (Å²) in [6.45, 7) is 5.01. The van der Waals surface area contributed by atoms with E-state index in [-0.39, 0.29) is 6.04 Å². The Labute approximate surface area is 135 Å². The van der Waals surface area contributed by atoms with E-state index >= 15 is 0 Å². The predicted octanol–water partition coefficient (Wildman–Crippen LogP) is 3.58. The summed E-state index contributed by atoms with van der Waals surface area (Å²) < 4.78 is 1.92.